The third-order valence-electron chi connectivity index (χ3n) is 6.33. The fourth-order valence-corrected chi connectivity index (χ4v) is 4.87. The number of Topliss-reactive ketones (excluding diaryl/α,β-unsaturated/α-hetero) is 1. The van der Waals surface area contributed by atoms with Gasteiger partial charge in [-0.1, -0.05) is 11.6 Å². The highest BCUT2D eigenvalue weighted by Crippen LogP contribution is 2.29. The lowest BCUT2D eigenvalue weighted by Gasteiger charge is -2.30. The van der Waals surface area contributed by atoms with E-state index in [4.69, 9.17) is 16.0 Å². The predicted molar refractivity (Wildman–Crippen MR) is 120 cm³/mol. The van der Waals surface area contributed by atoms with Crippen molar-refractivity contribution >= 4 is 39.9 Å². The number of rotatable bonds is 4. The number of pyridine rings is 1. The molecule has 160 valence electrons. The molecule has 0 bridgehead atoms. The number of halogens is 1. The van der Waals surface area contributed by atoms with Crippen molar-refractivity contribution in [2.75, 3.05) is 5.32 Å². The van der Waals surface area contributed by atoms with Gasteiger partial charge in [0.1, 0.15) is 12.0 Å². The lowest BCUT2D eigenvalue weighted by molar-refractivity contribution is 0.0908. The number of anilines is 1. The minimum atomic E-state index is -0.200. The zero-order valence-corrected chi connectivity index (χ0v) is 17.9. The Bertz CT molecular complexity index is 1150. The lowest BCUT2D eigenvalue weighted by atomic mass is 9.90. The molecule has 0 spiro atoms. The van der Waals surface area contributed by atoms with Crippen molar-refractivity contribution in [3.63, 3.8) is 0 Å². The number of hydrogen-bond donors (Lipinski definition) is 2. The van der Waals surface area contributed by atoms with Crippen LogP contribution in [0.25, 0.3) is 10.9 Å². The topological polar surface area (TPSA) is 84.2 Å². The van der Waals surface area contributed by atoms with Crippen LogP contribution < -0.4 is 10.6 Å². The Labute approximate surface area is 185 Å². The largest absolute Gasteiger partial charge is 0.468 e. The van der Waals surface area contributed by atoms with E-state index in [1.165, 1.54) is 6.26 Å². The van der Waals surface area contributed by atoms with Gasteiger partial charge in [-0.15, -0.1) is 0 Å². The quantitative estimate of drug-likeness (QED) is 0.589. The second kappa shape index (κ2) is 8.35. The molecule has 6 nitrogen and oxygen atoms in total. The summed E-state index contributed by atoms with van der Waals surface area (Å²) in [6.07, 6.45) is 8.89. The van der Waals surface area contributed by atoms with Crippen LogP contribution in [0.15, 0.2) is 41.1 Å². The number of benzene rings is 1. The van der Waals surface area contributed by atoms with Gasteiger partial charge in [-0.3, -0.25) is 14.6 Å². The number of hydrogen-bond acceptors (Lipinski definition) is 5. The first-order valence-electron chi connectivity index (χ1n) is 10.8. The summed E-state index contributed by atoms with van der Waals surface area (Å²) in [4.78, 5) is 29.4. The van der Waals surface area contributed by atoms with Crippen LogP contribution >= 0.6 is 11.6 Å². The first kappa shape index (κ1) is 20.1. The zero-order valence-electron chi connectivity index (χ0n) is 17.1. The first-order chi connectivity index (χ1) is 15.1. The average molecular weight is 438 g/mol. The highest BCUT2D eigenvalue weighted by molar-refractivity contribution is 6.31. The molecule has 2 aliphatic rings. The summed E-state index contributed by atoms with van der Waals surface area (Å²) in [6, 6.07) is 8.16. The molecule has 2 heterocycles. The highest BCUT2D eigenvalue weighted by Gasteiger charge is 2.30. The molecule has 0 unspecified atom stereocenters. The zero-order chi connectivity index (χ0) is 21.4. The molecule has 1 saturated carbocycles. The maximum absolute atomic E-state index is 12.8. The van der Waals surface area contributed by atoms with E-state index in [-0.39, 0.29) is 17.7 Å². The van der Waals surface area contributed by atoms with Crippen molar-refractivity contribution in [2.45, 2.75) is 57.0 Å². The summed E-state index contributed by atoms with van der Waals surface area (Å²) in [5.74, 6) is 0.466. The fourth-order valence-electron chi connectivity index (χ4n) is 4.70. The third kappa shape index (κ3) is 4.04. The van der Waals surface area contributed by atoms with E-state index in [0.29, 0.717) is 34.4 Å². The van der Waals surface area contributed by atoms with E-state index in [0.717, 1.165) is 55.1 Å². The maximum Gasteiger partial charge on any atom is 0.255 e. The molecule has 1 aromatic carbocycles. The number of carbonyl (C=O) groups is 2. The normalized spacial score (nSPS) is 21.0. The highest BCUT2D eigenvalue weighted by atomic mass is 35.5. The average Bonchev–Trinajstić information content (AvgIpc) is 3.21. The van der Waals surface area contributed by atoms with Crippen molar-refractivity contribution in [1.29, 1.82) is 0 Å². The Morgan fingerprint density at radius 2 is 1.90 bits per heavy atom. The van der Waals surface area contributed by atoms with Crippen LogP contribution in [0.2, 0.25) is 5.02 Å². The summed E-state index contributed by atoms with van der Waals surface area (Å²) in [7, 11) is 0. The summed E-state index contributed by atoms with van der Waals surface area (Å²) in [6.45, 7) is 0. The van der Waals surface area contributed by atoms with Gasteiger partial charge >= 0.3 is 0 Å². The van der Waals surface area contributed by atoms with Gasteiger partial charge in [-0.05, 0) is 56.4 Å². The third-order valence-corrected chi connectivity index (χ3v) is 6.56. The van der Waals surface area contributed by atoms with Gasteiger partial charge in [0.25, 0.3) is 5.91 Å². The molecule has 0 atom stereocenters. The summed E-state index contributed by atoms with van der Waals surface area (Å²) in [5, 5.41) is 8.47. The first-order valence-corrected chi connectivity index (χ1v) is 11.2. The fraction of sp³-hybridized carbons (Fsp3) is 0.375. The maximum atomic E-state index is 12.8. The Balaban J connectivity index is 1.20. The smallest absolute Gasteiger partial charge is 0.255 e. The van der Waals surface area contributed by atoms with Crippen LogP contribution in [0, 0.1) is 0 Å². The molecule has 1 amide bonds. The van der Waals surface area contributed by atoms with Crippen LogP contribution in [-0.2, 0) is 6.42 Å². The second-order valence-corrected chi connectivity index (χ2v) is 8.85. The molecule has 0 saturated heterocycles. The summed E-state index contributed by atoms with van der Waals surface area (Å²) < 4.78 is 5.49. The number of aryl methyl sites for hydroxylation is 1. The van der Waals surface area contributed by atoms with Crippen molar-refractivity contribution in [1.82, 2.24) is 10.3 Å². The molecule has 5 rings (SSSR count). The van der Waals surface area contributed by atoms with Crippen LogP contribution in [0.3, 0.4) is 0 Å². The lowest BCUT2D eigenvalue weighted by Crippen LogP contribution is -2.40. The van der Waals surface area contributed by atoms with Gasteiger partial charge in [0, 0.05) is 47.2 Å². The van der Waals surface area contributed by atoms with Crippen LogP contribution in [-0.4, -0.2) is 28.8 Å². The molecule has 2 N–H and O–H groups in total. The Hall–Kier alpha value is -2.86. The van der Waals surface area contributed by atoms with E-state index >= 15 is 0 Å². The minimum absolute atomic E-state index is 0.0129. The van der Waals surface area contributed by atoms with Crippen LogP contribution in [0.4, 0.5) is 5.69 Å². The van der Waals surface area contributed by atoms with Crippen molar-refractivity contribution in [3.05, 3.63) is 58.6 Å². The Morgan fingerprint density at radius 1 is 1.10 bits per heavy atom. The molecule has 0 aliphatic heterocycles. The summed E-state index contributed by atoms with van der Waals surface area (Å²) >= 11 is 6.09. The molecule has 31 heavy (non-hydrogen) atoms. The van der Waals surface area contributed by atoms with Gasteiger partial charge in [-0.25, -0.2) is 0 Å². The molecule has 7 heteroatoms. The van der Waals surface area contributed by atoms with Crippen molar-refractivity contribution < 1.29 is 14.0 Å². The van der Waals surface area contributed by atoms with Gasteiger partial charge in [0.05, 0.1) is 16.6 Å². The number of ketones is 1. The number of carbonyl (C=O) groups excluding carboxylic acids is 2. The molecule has 2 aliphatic carbocycles. The monoisotopic (exact) mass is 437 g/mol. The predicted octanol–water partition coefficient (Wildman–Crippen LogP) is 5.15. The van der Waals surface area contributed by atoms with Crippen LogP contribution in [0.1, 0.15) is 65.0 Å². The van der Waals surface area contributed by atoms with E-state index < -0.39 is 0 Å². The number of amides is 1. The van der Waals surface area contributed by atoms with Gasteiger partial charge in [0.2, 0.25) is 0 Å². The Kier molecular flexibility index (Phi) is 5.40. The van der Waals surface area contributed by atoms with E-state index in [2.05, 4.69) is 15.6 Å². The van der Waals surface area contributed by atoms with Crippen molar-refractivity contribution in [3.8, 4) is 0 Å². The van der Waals surface area contributed by atoms with Gasteiger partial charge < -0.3 is 15.1 Å². The van der Waals surface area contributed by atoms with Gasteiger partial charge in [0.15, 0.2) is 5.78 Å². The second-order valence-electron chi connectivity index (χ2n) is 8.41. The Morgan fingerprint density at radius 3 is 2.74 bits per heavy atom. The van der Waals surface area contributed by atoms with E-state index in [1.807, 2.05) is 24.3 Å². The standard InChI is InChI=1S/C24H24ClN3O3/c25-14-4-9-17-19(10-11-26-20(17)12-14)27-15-5-7-16(8-6-15)28-24(30)18-13-31-22-3-1-2-21(29)23(18)22/h4,9-13,15-16H,1-3,5-8H2,(H,26,27)(H,28,30). The van der Waals surface area contributed by atoms with E-state index in [9.17, 15) is 9.59 Å². The van der Waals surface area contributed by atoms with Crippen LogP contribution in [0.5, 0.6) is 0 Å². The SMILES string of the molecule is O=C(NC1CCC(Nc2ccnc3cc(Cl)ccc23)CC1)c1coc2c1C(=O)CCC2. The van der Waals surface area contributed by atoms with E-state index in [1.54, 1.807) is 6.20 Å². The molecule has 1 fully saturated rings. The number of nitrogens with one attached hydrogen (secondary N) is 2. The molecule has 0 radical (unpaired) electrons. The molecular weight excluding hydrogens is 414 g/mol. The molecule has 3 aromatic rings. The number of aromatic nitrogens is 1. The molecule has 2 aromatic heterocycles. The summed E-state index contributed by atoms with van der Waals surface area (Å²) in [5.41, 5.74) is 2.81. The minimum Gasteiger partial charge on any atom is -0.468 e. The number of nitrogens with zero attached hydrogens (tertiary/aromatic N) is 1. The number of fused-ring (bicyclic) bond motifs is 2. The number of furan rings is 1. The molecular formula is C24H24ClN3O3. The van der Waals surface area contributed by atoms with Gasteiger partial charge in [-0.2, -0.15) is 0 Å². The van der Waals surface area contributed by atoms with Crippen molar-refractivity contribution in [2.24, 2.45) is 0 Å².